The monoisotopic (exact) mass is 325 g/mol. The molecule has 1 aromatic heterocycles. The maximum atomic E-state index is 12.3. The lowest BCUT2D eigenvalue weighted by molar-refractivity contribution is -0.135. The Kier molecular flexibility index (Phi) is 4.71. The van der Waals surface area contributed by atoms with Crippen LogP contribution < -0.4 is 5.32 Å². The van der Waals surface area contributed by atoms with E-state index in [2.05, 4.69) is 39.1 Å². The number of hydrogen-bond acceptors (Lipinski definition) is 4. The Bertz CT molecular complexity index is 560. The van der Waals surface area contributed by atoms with E-state index in [0.717, 1.165) is 11.4 Å². The van der Waals surface area contributed by atoms with Crippen LogP contribution in [0.3, 0.4) is 0 Å². The maximum Gasteiger partial charge on any atom is 0.230 e. The summed E-state index contributed by atoms with van der Waals surface area (Å²) in [5.41, 5.74) is 0.690. The molecule has 0 aromatic carbocycles. The predicted octanol–water partition coefficient (Wildman–Crippen LogP) is 3.54. The fourth-order valence-corrected chi connectivity index (χ4v) is 4.30. The molecule has 4 nitrogen and oxygen atoms in total. The molecule has 0 spiro atoms. The quantitative estimate of drug-likeness (QED) is 0.890. The molecule has 1 aromatic rings. The highest BCUT2D eigenvalue weighted by Gasteiger charge is 2.40. The van der Waals surface area contributed by atoms with E-state index in [4.69, 9.17) is 4.74 Å². The molecule has 0 bridgehead atoms. The van der Waals surface area contributed by atoms with Gasteiger partial charge in [0.15, 0.2) is 0 Å². The van der Waals surface area contributed by atoms with Crippen molar-refractivity contribution < 1.29 is 14.6 Å². The van der Waals surface area contributed by atoms with Crippen molar-refractivity contribution in [3.63, 3.8) is 0 Å². The Hall–Kier alpha value is -0.910. The fraction of sp³-hybridized carbons (Fsp3) is 0.706. The molecule has 1 aliphatic rings. The first-order valence-electron chi connectivity index (χ1n) is 7.81. The zero-order chi connectivity index (χ0) is 16.7. The van der Waals surface area contributed by atoms with Gasteiger partial charge in [0.05, 0.1) is 28.7 Å². The van der Waals surface area contributed by atoms with Crippen molar-refractivity contribution in [1.29, 1.82) is 0 Å². The third-order valence-electron chi connectivity index (χ3n) is 4.09. The van der Waals surface area contributed by atoms with Gasteiger partial charge in [-0.1, -0.05) is 13.8 Å². The SMILES string of the molecule is CC(C)C(CO)C(=O)Nc1cc2c(s1)C(C)(C)OC(C)(C)C2. The van der Waals surface area contributed by atoms with Crippen molar-refractivity contribution in [3.05, 3.63) is 16.5 Å². The van der Waals surface area contributed by atoms with E-state index in [1.807, 2.05) is 13.8 Å². The summed E-state index contributed by atoms with van der Waals surface area (Å²) in [5, 5.41) is 13.2. The van der Waals surface area contributed by atoms with Crippen LogP contribution in [-0.2, 0) is 21.6 Å². The van der Waals surface area contributed by atoms with Gasteiger partial charge in [0, 0.05) is 11.3 Å². The molecule has 0 radical (unpaired) electrons. The van der Waals surface area contributed by atoms with Crippen LogP contribution in [0.4, 0.5) is 5.00 Å². The van der Waals surface area contributed by atoms with Crippen LogP contribution in [0.1, 0.15) is 52.0 Å². The van der Waals surface area contributed by atoms with Gasteiger partial charge in [-0.05, 0) is 45.2 Å². The van der Waals surface area contributed by atoms with Gasteiger partial charge in [-0.25, -0.2) is 0 Å². The number of carbonyl (C=O) groups excluding carboxylic acids is 1. The average Bonchev–Trinajstić information content (AvgIpc) is 2.69. The number of amides is 1. The number of hydrogen-bond donors (Lipinski definition) is 2. The number of thiophene rings is 1. The van der Waals surface area contributed by atoms with Crippen molar-refractivity contribution in [2.24, 2.45) is 11.8 Å². The van der Waals surface area contributed by atoms with Gasteiger partial charge in [0.25, 0.3) is 0 Å². The second-order valence-electron chi connectivity index (χ2n) is 7.54. The predicted molar refractivity (Wildman–Crippen MR) is 90.3 cm³/mol. The van der Waals surface area contributed by atoms with Gasteiger partial charge in [0.1, 0.15) is 0 Å². The van der Waals surface area contributed by atoms with Crippen LogP contribution >= 0.6 is 11.3 Å². The molecule has 124 valence electrons. The van der Waals surface area contributed by atoms with E-state index in [9.17, 15) is 9.90 Å². The number of aliphatic hydroxyl groups is 1. The zero-order valence-corrected chi connectivity index (χ0v) is 15.1. The minimum absolute atomic E-state index is 0.110. The normalized spacial score (nSPS) is 20.5. The average molecular weight is 325 g/mol. The molecule has 0 fully saturated rings. The lowest BCUT2D eigenvalue weighted by Crippen LogP contribution is -2.41. The Labute approximate surface area is 136 Å². The summed E-state index contributed by atoms with van der Waals surface area (Å²) in [7, 11) is 0. The van der Waals surface area contributed by atoms with Crippen molar-refractivity contribution in [1.82, 2.24) is 0 Å². The zero-order valence-electron chi connectivity index (χ0n) is 14.3. The van der Waals surface area contributed by atoms with Crippen molar-refractivity contribution >= 4 is 22.2 Å². The number of fused-ring (bicyclic) bond motifs is 1. The largest absolute Gasteiger partial charge is 0.396 e. The van der Waals surface area contributed by atoms with Gasteiger partial charge in [-0.15, -0.1) is 11.3 Å². The van der Waals surface area contributed by atoms with Crippen molar-refractivity contribution in [2.45, 2.75) is 59.2 Å². The second-order valence-corrected chi connectivity index (χ2v) is 8.59. The molecule has 2 N–H and O–H groups in total. The number of ether oxygens (including phenoxy) is 1. The summed E-state index contributed by atoms with van der Waals surface area (Å²) in [6.07, 6.45) is 0.839. The molecule has 0 saturated carbocycles. The third-order valence-corrected chi connectivity index (χ3v) is 5.49. The highest BCUT2D eigenvalue weighted by atomic mass is 32.1. The number of rotatable bonds is 4. The fourth-order valence-electron chi connectivity index (χ4n) is 3.17. The topological polar surface area (TPSA) is 58.6 Å². The minimum Gasteiger partial charge on any atom is -0.396 e. The van der Waals surface area contributed by atoms with Crippen LogP contribution in [0.2, 0.25) is 0 Å². The number of aliphatic hydroxyl groups excluding tert-OH is 1. The second kappa shape index (κ2) is 5.95. The van der Waals surface area contributed by atoms with E-state index in [-0.39, 0.29) is 35.6 Å². The van der Waals surface area contributed by atoms with Gasteiger partial charge >= 0.3 is 0 Å². The standard InChI is InChI=1S/C17H27NO3S/c1-10(2)12(9-19)15(20)18-13-7-11-8-16(3,4)21-17(5,6)14(11)22-13/h7,10,12,19H,8-9H2,1-6H3,(H,18,20). The first-order chi connectivity index (χ1) is 10.1. The summed E-state index contributed by atoms with van der Waals surface area (Å²) in [6, 6.07) is 2.05. The van der Waals surface area contributed by atoms with E-state index in [1.54, 1.807) is 11.3 Å². The molecule has 0 aliphatic carbocycles. The maximum absolute atomic E-state index is 12.3. The summed E-state index contributed by atoms with van der Waals surface area (Å²) >= 11 is 1.57. The van der Waals surface area contributed by atoms with Crippen LogP contribution in [-0.4, -0.2) is 23.2 Å². The molecule has 2 rings (SSSR count). The molecule has 1 atom stereocenters. The molecule has 1 aliphatic heterocycles. The molecule has 1 amide bonds. The van der Waals surface area contributed by atoms with Crippen LogP contribution in [0.15, 0.2) is 6.07 Å². The van der Waals surface area contributed by atoms with Crippen molar-refractivity contribution in [3.8, 4) is 0 Å². The Balaban J connectivity index is 2.23. The van der Waals surface area contributed by atoms with E-state index in [1.165, 1.54) is 10.4 Å². The number of anilines is 1. The smallest absolute Gasteiger partial charge is 0.230 e. The third kappa shape index (κ3) is 3.53. The lowest BCUT2D eigenvalue weighted by atomic mass is 9.89. The van der Waals surface area contributed by atoms with Crippen LogP contribution in [0.5, 0.6) is 0 Å². The molecule has 22 heavy (non-hydrogen) atoms. The Morgan fingerprint density at radius 2 is 2.05 bits per heavy atom. The first-order valence-corrected chi connectivity index (χ1v) is 8.62. The highest BCUT2D eigenvalue weighted by Crippen LogP contribution is 2.45. The van der Waals surface area contributed by atoms with Crippen LogP contribution in [0.25, 0.3) is 0 Å². The summed E-state index contributed by atoms with van der Waals surface area (Å²) in [5.74, 6) is -0.382. The van der Waals surface area contributed by atoms with E-state index in [0.29, 0.717) is 0 Å². The molecule has 0 saturated heterocycles. The molecule has 1 unspecified atom stereocenters. The first kappa shape index (κ1) is 17.4. The summed E-state index contributed by atoms with van der Waals surface area (Å²) < 4.78 is 6.17. The molecule has 2 heterocycles. The minimum atomic E-state index is -0.375. The van der Waals surface area contributed by atoms with Gasteiger partial charge in [-0.2, -0.15) is 0 Å². The van der Waals surface area contributed by atoms with E-state index >= 15 is 0 Å². The van der Waals surface area contributed by atoms with Gasteiger partial charge < -0.3 is 15.2 Å². The molecular formula is C17H27NO3S. The summed E-state index contributed by atoms with van der Waals surface area (Å²) in [4.78, 5) is 13.5. The molecule has 5 heteroatoms. The lowest BCUT2D eigenvalue weighted by Gasteiger charge is -2.41. The van der Waals surface area contributed by atoms with Gasteiger partial charge in [0.2, 0.25) is 5.91 Å². The van der Waals surface area contributed by atoms with Crippen LogP contribution in [0, 0.1) is 11.8 Å². The Morgan fingerprint density at radius 1 is 1.41 bits per heavy atom. The van der Waals surface area contributed by atoms with Gasteiger partial charge in [-0.3, -0.25) is 4.79 Å². The number of nitrogens with one attached hydrogen (secondary N) is 1. The highest BCUT2D eigenvalue weighted by molar-refractivity contribution is 7.16. The van der Waals surface area contributed by atoms with Crippen molar-refractivity contribution in [2.75, 3.05) is 11.9 Å². The molecular weight excluding hydrogens is 298 g/mol. The Morgan fingerprint density at radius 3 is 2.59 bits per heavy atom. The summed E-state index contributed by atoms with van der Waals surface area (Å²) in [6.45, 7) is 12.1. The number of carbonyl (C=O) groups is 1. The van der Waals surface area contributed by atoms with E-state index < -0.39 is 0 Å².